The van der Waals surface area contributed by atoms with Gasteiger partial charge in [0.25, 0.3) is 0 Å². The van der Waals surface area contributed by atoms with Gasteiger partial charge in [0.1, 0.15) is 6.10 Å². The van der Waals surface area contributed by atoms with E-state index < -0.39 is 16.0 Å². The van der Waals surface area contributed by atoms with E-state index in [-0.39, 0.29) is 37.1 Å². The Balaban J connectivity index is 1.16. The van der Waals surface area contributed by atoms with Crippen LogP contribution >= 0.6 is 0 Å². The van der Waals surface area contributed by atoms with Crippen molar-refractivity contribution in [3.63, 3.8) is 0 Å². The molecule has 0 aliphatic carbocycles. The van der Waals surface area contributed by atoms with Gasteiger partial charge < -0.3 is 14.4 Å². The minimum Gasteiger partial charge on any atom is -0.486 e. The zero-order chi connectivity index (χ0) is 29.0. The number of methoxy groups -OCH3 is 1. The average molecular weight is 587 g/mol. The number of hydrogen-bond acceptors (Lipinski definition) is 8. The SMILES string of the molecule is CCCc1cnc(N2CCC(C3Cc4cc(C5=CCN(S(=O)(=O)CCCC(=O)OC)CC5)cc(F)c4O3)CC2)nc1. The van der Waals surface area contributed by atoms with Gasteiger partial charge in [-0.25, -0.2) is 22.8 Å². The van der Waals surface area contributed by atoms with Crippen LogP contribution in [0.1, 0.15) is 62.1 Å². The van der Waals surface area contributed by atoms with Crippen LogP contribution in [-0.4, -0.2) is 73.8 Å². The monoisotopic (exact) mass is 586 g/mol. The van der Waals surface area contributed by atoms with E-state index in [0.717, 1.165) is 67.0 Å². The number of aromatic nitrogens is 2. The van der Waals surface area contributed by atoms with Crippen LogP contribution in [0, 0.1) is 11.7 Å². The third kappa shape index (κ3) is 6.89. The summed E-state index contributed by atoms with van der Waals surface area (Å²) in [4.78, 5) is 22.6. The van der Waals surface area contributed by atoms with Crippen molar-refractivity contribution in [1.82, 2.24) is 14.3 Å². The molecule has 0 N–H and O–H groups in total. The molecule has 1 atom stereocenters. The Morgan fingerprint density at radius 1 is 1.17 bits per heavy atom. The number of benzene rings is 1. The minimum atomic E-state index is -3.48. The summed E-state index contributed by atoms with van der Waals surface area (Å²) in [6, 6.07) is 3.52. The van der Waals surface area contributed by atoms with Gasteiger partial charge >= 0.3 is 5.97 Å². The second-order valence-electron chi connectivity index (χ2n) is 11.1. The molecule has 0 spiro atoms. The number of aryl methyl sites for hydroxylation is 1. The first-order chi connectivity index (χ1) is 19.8. The highest BCUT2D eigenvalue weighted by atomic mass is 32.2. The molecule has 222 valence electrons. The van der Waals surface area contributed by atoms with Gasteiger partial charge in [-0.05, 0) is 66.9 Å². The number of ether oxygens (including phenoxy) is 2. The van der Waals surface area contributed by atoms with Gasteiger partial charge in [0.05, 0.1) is 12.9 Å². The number of rotatable bonds is 10. The van der Waals surface area contributed by atoms with Crippen molar-refractivity contribution in [3.05, 3.63) is 53.1 Å². The summed E-state index contributed by atoms with van der Waals surface area (Å²) in [6.45, 7) is 4.39. The fraction of sp³-hybridized carbons (Fsp3) is 0.567. The Labute approximate surface area is 241 Å². The smallest absolute Gasteiger partial charge is 0.305 e. The molecule has 3 aliphatic rings. The molecular formula is C30H39FN4O5S. The van der Waals surface area contributed by atoms with Gasteiger partial charge in [0, 0.05) is 57.0 Å². The first kappa shape index (κ1) is 29.4. The van der Waals surface area contributed by atoms with Gasteiger partial charge in [0.15, 0.2) is 11.6 Å². The fourth-order valence-electron chi connectivity index (χ4n) is 5.99. The number of nitrogens with zero attached hydrogens (tertiary/aromatic N) is 4. The summed E-state index contributed by atoms with van der Waals surface area (Å²) in [6.07, 6.45) is 11.0. The molecule has 4 heterocycles. The average Bonchev–Trinajstić information content (AvgIpc) is 3.43. The number of carbonyl (C=O) groups excluding carboxylic acids is 1. The van der Waals surface area contributed by atoms with E-state index in [4.69, 9.17) is 4.74 Å². The van der Waals surface area contributed by atoms with E-state index in [0.29, 0.717) is 31.1 Å². The molecule has 0 radical (unpaired) electrons. The number of halogens is 1. The number of hydrogen-bond donors (Lipinski definition) is 0. The molecule has 0 bridgehead atoms. The van der Waals surface area contributed by atoms with E-state index in [2.05, 4.69) is 26.5 Å². The van der Waals surface area contributed by atoms with Crippen molar-refractivity contribution in [1.29, 1.82) is 0 Å². The summed E-state index contributed by atoms with van der Waals surface area (Å²) < 4.78 is 52.7. The molecule has 3 aliphatic heterocycles. The summed E-state index contributed by atoms with van der Waals surface area (Å²) in [5.74, 6) is 0.558. The number of esters is 1. The largest absolute Gasteiger partial charge is 0.486 e. The number of fused-ring (bicyclic) bond motifs is 1. The molecule has 1 fully saturated rings. The van der Waals surface area contributed by atoms with Crippen molar-refractivity contribution in [3.8, 4) is 5.75 Å². The third-order valence-corrected chi connectivity index (χ3v) is 10.3. The first-order valence-corrected chi connectivity index (χ1v) is 16.2. The highest BCUT2D eigenvalue weighted by molar-refractivity contribution is 7.89. The minimum absolute atomic E-state index is 0.0595. The first-order valence-electron chi connectivity index (χ1n) is 14.6. The molecule has 9 nitrogen and oxygen atoms in total. The van der Waals surface area contributed by atoms with E-state index >= 15 is 4.39 Å². The van der Waals surface area contributed by atoms with Crippen molar-refractivity contribution < 1.29 is 27.1 Å². The number of piperidine rings is 1. The van der Waals surface area contributed by atoms with Crippen LogP contribution in [0.4, 0.5) is 10.3 Å². The predicted molar refractivity (Wildman–Crippen MR) is 155 cm³/mol. The Kier molecular flexibility index (Phi) is 9.23. The van der Waals surface area contributed by atoms with Crippen molar-refractivity contribution in [2.45, 2.75) is 64.4 Å². The Hall–Kier alpha value is -3.05. The second kappa shape index (κ2) is 12.9. The topological polar surface area (TPSA) is 102 Å². The molecule has 0 amide bonds. The van der Waals surface area contributed by atoms with E-state index in [1.54, 1.807) is 0 Å². The molecule has 1 saturated heterocycles. The van der Waals surface area contributed by atoms with Gasteiger partial charge in [0.2, 0.25) is 16.0 Å². The Bertz CT molecular complexity index is 1370. The van der Waals surface area contributed by atoms with Crippen LogP contribution in [-0.2, 0) is 32.4 Å². The molecule has 5 rings (SSSR count). The highest BCUT2D eigenvalue weighted by Crippen LogP contribution is 2.39. The van der Waals surface area contributed by atoms with Gasteiger partial charge in [-0.3, -0.25) is 4.79 Å². The summed E-state index contributed by atoms with van der Waals surface area (Å²) in [5, 5.41) is 0. The molecule has 2 aromatic rings. The van der Waals surface area contributed by atoms with E-state index in [1.165, 1.54) is 17.5 Å². The molecule has 0 saturated carbocycles. The van der Waals surface area contributed by atoms with Crippen LogP contribution in [0.5, 0.6) is 5.75 Å². The lowest BCUT2D eigenvalue weighted by Crippen LogP contribution is -2.40. The van der Waals surface area contributed by atoms with Crippen molar-refractivity contribution >= 4 is 27.5 Å². The molecule has 1 unspecified atom stereocenters. The highest BCUT2D eigenvalue weighted by Gasteiger charge is 2.35. The lowest BCUT2D eigenvalue weighted by molar-refractivity contribution is -0.140. The zero-order valence-corrected chi connectivity index (χ0v) is 24.7. The lowest BCUT2D eigenvalue weighted by Gasteiger charge is -2.34. The number of sulfonamides is 1. The van der Waals surface area contributed by atoms with Crippen LogP contribution in [0.3, 0.4) is 0 Å². The third-order valence-electron chi connectivity index (χ3n) is 8.34. The maximum absolute atomic E-state index is 15.2. The van der Waals surface area contributed by atoms with Crippen LogP contribution < -0.4 is 9.64 Å². The number of anilines is 1. The Morgan fingerprint density at radius 3 is 2.59 bits per heavy atom. The van der Waals surface area contributed by atoms with Crippen LogP contribution in [0.15, 0.2) is 30.6 Å². The molecule has 1 aromatic heterocycles. The van der Waals surface area contributed by atoms with Crippen molar-refractivity contribution in [2.24, 2.45) is 5.92 Å². The zero-order valence-electron chi connectivity index (χ0n) is 23.9. The summed E-state index contributed by atoms with van der Waals surface area (Å²) >= 11 is 0. The fourth-order valence-corrected chi connectivity index (χ4v) is 7.43. The molecule has 1 aromatic carbocycles. The van der Waals surface area contributed by atoms with Gasteiger partial charge in [-0.15, -0.1) is 0 Å². The van der Waals surface area contributed by atoms with Gasteiger partial charge in [-0.2, -0.15) is 4.31 Å². The van der Waals surface area contributed by atoms with Crippen molar-refractivity contribution in [2.75, 3.05) is 43.9 Å². The Morgan fingerprint density at radius 2 is 1.93 bits per heavy atom. The van der Waals surface area contributed by atoms with E-state index in [9.17, 15) is 13.2 Å². The summed E-state index contributed by atoms with van der Waals surface area (Å²) in [5.41, 5.74) is 3.76. The summed E-state index contributed by atoms with van der Waals surface area (Å²) in [7, 11) is -2.19. The van der Waals surface area contributed by atoms with Crippen LogP contribution in [0.2, 0.25) is 0 Å². The number of carbonyl (C=O) groups is 1. The quantitative estimate of drug-likeness (QED) is 0.383. The lowest BCUT2D eigenvalue weighted by atomic mass is 9.88. The van der Waals surface area contributed by atoms with E-state index in [1.807, 2.05) is 24.5 Å². The maximum atomic E-state index is 15.2. The second-order valence-corrected chi connectivity index (χ2v) is 13.2. The van der Waals surface area contributed by atoms with Crippen LogP contribution in [0.25, 0.3) is 5.57 Å². The normalized spacial score (nSPS) is 19.9. The predicted octanol–water partition coefficient (Wildman–Crippen LogP) is 4.16. The maximum Gasteiger partial charge on any atom is 0.305 e. The standard InChI is InChI=1S/C30H39FN4O5S/c1-3-5-21-19-32-30(33-20-21)34-11-7-23(8-12-34)27-18-25-16-24(17-26(31)29(25)40-27)22-9-13-35(14-10-22)41(37,38)15-4-6-28(36)39-2/h9,16-17,19-20,23,27H,3-8,10-15,18H2,1-2H3. The molecule has 11 heteroatoms. The molecular weight excluding hydrogens is 547 g/mol. The van der Waals surface area contributed by atoms with Gasteiger partial charge in [-0.1, -0.05) is 19.4 Å². The molecule has 41 heavy (non-hydrogen) atoms.